The number of methoxy groups -OCH3 is 1. The van der Waals surface area contributed by atoms with Gasteiger partial charge in [-0.1, -0.05) is 66.7 Å². The Labute approximate surface area is 184 Å². The predicted octanol–water partition coefficient (Wildman–Crippen LogP) is 6.83. The molecule has 3 aromatic carbocycles. The third-order valence-corrected chi connectivity index (χ3v) is 6.67. The number of benzene rings is 3. The van der Waals surface area contributed by atoms with E-state index in [9.17, 15) is 0 Å². The van der Waals surface area contributed by atoms with Crippen LogP contribution in [0.25, 0.3) is 11.1 Å². The summed E-state index contributed by atoms with van der Waals surface area (Å²) in [5, 5.41) is 2.12. The van der Waals surface area contributed by atoms with Gasteiger partial charge in [-0.05, 0) is 66.1 Å². The topological polar surface area (TPSA) is 21.7 Å². The first-order valence-corrected chi connectivity index (χ1v) is 11.2. The van der Waals surface area contributed by atoms with Gasteiger partial charge in [-0.2, -0.15) is 0 Å². The minimum Gasteiger partial charge on any atom is -0.497 e. The molecule has 0 N–H and O–H groups in total. The molecule has 0 aromatic heterocycles. The number of allylic oxidation sites excluding steroid dienone is 2. The highest BCUT2D eigenvalue weighted by Gasteiger charge is 2.41. The van der Waals surface area contributed by atoms with E-state index in [0.717, 1.165) is 24.5 Å². The molecule has 0 radical (unpaired) electrons. The molecule has 3 nitrogen and oxygen atoms in total. The molecule has 0 saturated carbocycles. The van der Waals surface area contributed by atoms with Gasteiger partial charge in [0.1, 0.15) is 5.75 Å². The molecule has 1 saturated heterocycles. The molecule has 0 spiro atoms. The second-order valence-corrected chi connectivity index (χ2v) is 8.46. The molecule has 1 aliphatic carbocycles. The van der Waals surface area contributed by atoms with Gasteiger partial charge in [-0.15, -0.1) is 0 Å². The maximum atomic E-state index is 6.33. The summed E-state index contributed by atoms with van der Waals surface area (Å²) in [5.74, 6) is 1.97. The van der Waals surface area contributed by atoms with Crippen LogP contribution in [0, 0.1) is 11.8 Å². The fourth-order valence-electron chi connectivity index (χ4n) is 4.96. The first-order chi connectivity index (χ1) is 15.3. The van der Waals surface area contributed by atoms with Gasteiger partial charge in [0.05, 0.1) is 25.4 Å². The number of rotatable bonds is 5. The van der Waals surface area contributed by atoms with E-state index in [-0.39, 0.29) is 6.04 Å². The number of nitrogens with zero attached hydrogens (tertiary/aromatic N) is 1. The molecular weight excluding hydrogens is 382 g/mol. The second kappa shape index (κ2) is 8.99. The summed E-state index contributed by atoms with van der Waals surface area (Å²) in [6.45, 7) is 0.760. The summed E-state index contributed by atoms with van der Waals surface area (Å²) in [7, 11) is 1.70. The average molecular weight is 412 g/mol. The van der Waals surface area contributed by atoms with Gasteiger partial charge >= 0.3 is 0 Å². The van der Waals surface area contributed by atoms with Crippen molar-refractivity contribution >= 4 is 5.69 Å². The van der Waals surface area contributed by atoms with E-state index < -0.39 is 0 Å². The van der Waals surface area contributed by atoms with Crippen LogP contribution in [0.2, 0.25) is 0 Å². The Balaban J connectivity index is 1.48. The molecule has 158 valence electrons. The van der Waals surface area contributed by atoms with Gasteiger partial charge in [0.25, 0.3) is 0 Å². The summed E-state index contributed by atoms with van der Waals surface area (Å²) in [5.41, 5.74) is 4.88. The Morgan fingerprint density at radius 3 is 2.26 bits per heavy atom. The van der Waals surface area contributed by atoms with E-state index in [4.69, 9.17) is 9.57 Å². The van der Waals surface area contributed by atoms with E-state index in [0.29, 0.717) is 11.8 Å². The van der Waals surface area contributed by atoms with Crippen molar-refractivity contribution in [1.82, 2.24) is 0 Å². The molecular formula is C28H29NO2. The number of hydroxylamine groups is 1. The van der Waals surface area contributed by atoms with Gasteiger partial charge in [-0.25, -0.2) is 5.06 Å². The number of hydrogen-bond acceptors (Lipinski definition) is 3. The molecule has 1 heterocycles. The van der Waals surface area contributed by atoms with Crippen molar-refractivity contribution in [1.29, 1.82) is 0 Å². The predicted molar refractivity (Wildman–Crippen MR) is 126 cm³/mol. The first-order valence-electron chi connectivity index (χ1n) is 11.2. The van der Waals surface area contributed by atoms with Crippen molar-refractivity contribution in [3.05, 3.63) is 96.6 Å². The van der Waals surface area contributed by atoms with Crippen LogP contribution in [0.1, 0.15) is 30.9 Å². The zero-order valence-corrected chi connectivity index (χ0v) is 18.0. The van der Waals surface area contributed by atoms with Crippen molar-refractivity contribution in [2.24, 2.45) is 11.8 Å². The molecule has 0 bridgehead atoms. The molecule has 1 fully saturated rings. The second-order valence-electron chi connectivity index (χ2n) is 8.46. The van der Waals surface area contributed by atoms with Crippen LogP contribution >= 0.6 is 0 Å². The van der Waals surface area contributed by atoms with Crippen molar-refractivity contribution < 1.29 is 9.57 Å². The molecule has 3 aromatic rings. The van der Waals surface area contributed by atoms with Crippen LogP contribution in [0.15, 0.2) is 91.0 Å². The number of anilines is 1. The van der Waals surface area contributed by atoms with E-state index in [1.54, 1.807) is 7.11 Å². The fourth-order valence-corrected chi connectivity index (χ4v) is 4.96. The highest BCUT2D eigenvalue weighted by molar-refractivity contribution is 5.64. The van der Waals surface area contributed by atoms with Gasteiger partial charge in [0.2, 0.25) is 0 Å². The van der Waals surface area contributed by atoms with Crippen molar-refractivity contribution in [2.45, 2.75) is 25.3 Å². The molecule has 3 heteroatoms. The molecule has 0 amide bonds. The standard InChI is InChI=1S/C28H29NO2/c1-30-26-18-16-25(17-19-26)29-28(27(20-31-29)23-10-6-3-7-11-23)24-14-12-22(13-15-24)21-8-4-2-5-9-21/h2-6,8-9,12-19,23,27-28H,7,10-11,20H2,1H3. The van der Waals surface area contributed by atoms with Crippen LogP contribution in [-0.4, -0.2) is 13.7 Å². The minimum absolute atomic E-state index is 0.203. The quantitative estimate of drug-likeness (QED) is 0.430. The van der Waals surface area contributed by atoms with Crippen molar-refractivity contribution in [3.8, 4) is 16.9 Å². The van der Waals surface area contributed by atoms with Crippen molar-refractivity contribution in [2.75, 3.05) is 18.8 Å². The number of ether oxygens (including phenoxy) is 1. The Bertz CT molecular complexity index is 1010. The van der Waals surface area contributed by atoms with E-state index in [2.05, 4.69) is 83.9 Å². The summed E-state index contributed by atoms with van der Waals surface area (Å²) >= 11 is 0. The highest BCUT2D eigenvalue weighted by atomic mass is 16.7. The third kappa shape index (κ3) is 4.11. The zero-order chi connectivity index (χ0) is 21.0. The summed E-state index contributed by atoms with van der Waals surface area (Å²) in [4.78, 5) is 6.33. The van der Waals surface area contributed by atoms with E-state index in [1.807, 2.05) is 12.1 Å². The van der Waals surface area contributed by atoms with Gasteiger partial charge in [-0.3, -0.25) is 4.84 Å². The summed E-state index contributed by atoms with van der Waals surface area (Å²) in [6.07, 6.45) is 8.21. The minimum atomic E-state index is 0.203. The Hall–Kier alpha value is -3.04. The van der Waals surface area contributed by atoms with Crippen LogP contribution in [0.4, 0.5) is 5.69 Å². The van der Waals surface area contributed by atoms with Gasteiger partial charge < -0.3 is 4.74 Å². The summed E-state index contributed by atoms with van der Waals surface area (Å²) in [6, 6.07) is 28.0. The Morgan fingerprint density at radius 2 is 1.58 bits per heavy atom. The molecule has 3 unspecified atom stereocenters. The maximum Gasteiger partial charge on any atom is 0.119 e. The zero-order valence-electron chi connectivity index (χ0n) is 18.0. The monoisotopic (exact) mass is 411 g/mol. The van der Waals surface area contributed by atoms with Crippen LogP contribution in [0.5, 0.6) is 5.75 Å². The molecule has 1 aliphatic heterocycles. The average Bonchev–Trinajstić information content (AvgIpc) is 3.30. The molecule has 5 rings (SSSR count). The lowest BCUT2D eigenvalue weighted by atomic mass is 9.77. The normalized spacial score (nSPS) is 23.1. The van der Waals surface area contributed by atoms with Crippen LogP contribution in [0.3, 0.4) is 0 Å². The van der Waals surface area contributed by atoms with Gasteiger partial charge in [0, 0.05) is 5.92 Å². The smallest absolute Gasteiger partial charge is 0.119 e. The third-order valence-electron chi connectivity index (χ3n) is 6.67. The Kier molecular flexibility index (Phi) is 5.77. The van der Waals surface area contributed by atoms with Crippen molar-refractivity contribution in [3.63, 3.8) is 0 Å². The van der Waals surface area contributed by atoms with Gasteiger partial charge in [0.15, 0.2) is 0 Å². The fraction of sp³-hybridized carbons (Fsp3) is 0.286. The number of hydrogen-bond donors (Lipinski definition) is 0. The lowest BCUT2D eigenvalue weighted by molar-refractivity contribution is 0.144. The molecule has 31 heavy (non-hydrogen) atoms. The molecule has 2 aliphatic rings. The Morgan fingerprint density at radius 1 is 0.839 bits per heavy atom. The highest BCUT2D eigenvalue weighted by Crippen LogP contribution is 2.45. The lowest BCUT2D eigenvalue weighted by Gasteiger charge is -2.32. The lowest BCUT2D eigenvalue weighted by Crippen LogP contribution is -2.28. The van der Waals surface area contributed by atoms with Crippen LogP contribution in [-0.2, 0) is 4.84 Å². The first kappa shape index (κ1) is 19.9. The molecule has 3 atom stereocenters. The maximum absolute atomic E-state index is 6.33. The summed E-state index contributed by atoms with van der Waals surface area (Å²) < 4.78 is 5.35. The SMILES string of the molecule is COc1ccc(N2OCC(C3CC=CCC3)C2c2ccc(-c3ccccc3)cc2)cc1. The van der Waals surface area contributed by atoms with E-state index in [1.165, 1.54) is 29.5 Å². The van der Waals surface area contributed by atoms with E-state index >= 15 is 0 Å². The van der Waals surface area contributed by atoms with Crippen LogP contribution < -0.4 is 9.80 Å². The largest absolute Gasteiger partial charge is 0.497 e.